The summed E-state index contributed by atoms with van der Waals surface area (Å²) in [6, 6.07) is 15.3. The highest BCUT2D eigenvalue weighted by molar-refractivity contribution is 5.87. The first-order chi connectivity index (χ1) is 10.2. The Morgan fingerprint density at radius 1 is 1.24 bits per heavy atom. The number of benzene rings is 2. The average molecular weight is 282 g/mol. The van der Waals surface area contributed by atoms with E-state index >= 15 is 0 Å². The van der Waals surface area contributed by atoms with Crippen molar-refractivity contribution in [3.05, 3.63) is 60.2 Å². The Labute approximate surface area is 124 Å². The van der Waals surface area contributed by atoms with Gasteiger partial charge in [0.25, 0.3) is 0 Å². The number of carbonyl (C=O) groups excluding carboxylic acids is 1. The van der Waals surface area contributed by atoms with Crippen LogP contribution in [0.15, 0.2) is 54.6 Å². The topological polar surface area (TPSA) is 64.3 Å². The van der Waals surface area contributed by atoms with Crippen LogP contribution in [0.1, 0.15) is 12.5 Å². The fourth-order valence-electron chi connectivity index (χ4n) is 1.84. The Kier molecular flexibility index (Phi) is 4.99. The van der Waals surface area contributed by atoms with Crippen LogP contribution >= 0.6 is 0 Å². The molecule has 0 aliphatic heterocycles. The minimum Gasteiger partial charge on any atom is -0.463 e. The number of carbonyl (C=O) groups is 1. The number of nitrogens with two attached hydrogens (primary N) is 1. The molecule has 0 atom stereocenters. The molecule has 3 N–H and O–H groups in total. The fourth-order valence-corrected chi connectivity index (χ4v) is 1.84. The predicted octanol–water partition coefficient (Wildman–Crippen LogP) is 3.59. The van der Waals surface area contributed by atoms with E-state index in [0.29, 0.717) is 12.3 Å². The van der Waals surface area contributed by atoms with E-state index in [0.717, 1.165) is 16.9 Å². The number of hydrogen-bond donors (Lipinski definition) is 2. The van der Waals surface area contributed by atoms with Crippen molar-refractivity contribution in [3.8, 4) is 0 Å². The Morgan fingerprint density at radius 2 is 2.05 bits per heavy atom. The number of ether oxygens (including phenoxy) is 1. The molecule has 0 aliphatic carbocycles. The largest absolute Gasteiger partial charge is 0.463 e. The third kappa shape index (κ3) is 4.38. The molecule has 0 aliphatic rings. The molecule has 0 radical (unpaired) electrons. The standard InChI is InChI=1S/C17H18N2O2/c1-2-21-17(20)11-10-13-6-5-7-14(12-13)19-16-9-4-3-8-15(16)18/h3-12,19H,2,18H2,1H3. The minimum atomic E-state index is -0.344. The molecule has 0 saturated carbocycles. The van der Waals surface area contributed by atoms with Gasteiger partial charge in [0.15, 0.2) is 0 Å². The molecular formula is C17H18N2O2. The van der Waals surface area contributed by atoms with Gasteiger partial charge in [0.05, 0.1) is 18.0 Å². The molecule has 0 saturated heterocycles. The van der Waals surface area contributed by atoms with E-state index < -0.39 is 0 Å². The number of hydrogen-bond acceptors (Lipinski definition) is 4. The predicted molar refractivity (Wildman–Crippen MR) is 86.2 cm³/mol. The molecule has 0 aromatic heterocycles. The van der Waals surface area contributed by atoms with E-state index in [1.165, 1.54) is 6.08 Å². The van der Waals surface area contributed by atoms with Gasteiger partial charge in [0.2, 0.25) is 0 Å². The first-order valence-corrected chi connectivity index (χ1v) is 6.75. The second-order valence-corrected chi connectivity index (χ2v) is 4.42. The van der Waals surface area contributed by atoms with Crippen LogP contribution in [0.5, 0.6) is 0 Å². The lowest BCUT2D eigenvalue weighted by Gasteiger charge is -2.09. The van der Waals surface area contributed by atoms with Crippen LogP contribution in [-0.2, 0) is 9.53 Å². The molecular weight excluding hydrogens is 264 g/mol. The van der Waals surface area contributed by atoms with E-state index in [1.807, 2.05) is 48.5 Å². The number of esters is 1. The summed E-state index contributed by atoms with van der Waals surface area (Å²) in [4.78, 5) is 11.3. The second-order valence-electron chi connectivity index (χ2n) is 4.42. The SMILES string of the molecule is CCOC(=O)C=Cc1cccc(Nc2ccccc2N)c1. The van der Waals surface area contributed by atoms with E-state index in [2.05, 4.69) is 5.32 Å². The molecule has 2 rings (SSSR count). The normalized spacial score (nSPS) is 10.5. The molecule has 0 bridgehead atoms. The zero-order chi connectivity index (χ0) is 15.1. The van der Waals surface area contributed by atoms with Crippen LogP contribution in [0.25, 0.3) is 6.08 Å². The van der Waals surface area contributed by atoms with E-state index in [9.17, 15) is 4.79 Å². The highest BCUT2D eigenvalue weighted by Gasteiger charge is 1.99. The molecule has 0 heterocycles. The van der Waals surface area contributed by atoms with Gasteiger partial charge < -0.3 is 15.8 Å². The highest BCUT2D eigenvalue weighted by Crippen LogP contribution is 2.23. The number of anilines is 3. The van der Waals surface area contributed by atoms with E-state index in [-0.39, 0.29) is 5.97 Å². The van der Waals surface area contributed by atoms with Crippen LogP contribution in [0.2, 0.25) is 0 Å². The summed E-state index contributed by atoms with van der Waals surface area (Å²) >= 11 is 0. The molecule has 0 amide bonds. The summed E-state index contributed by atoms with van der Waals surface area (Å²) in [5.74, 6) is -0.344. The van der Waals surface area contributed by atoms with Crippen LogP contribution in [0.3, 0.4) is 0 Å². The third-order valence-corrected chi connectivity index (χ3v) is 2.82. The Bertz CT molecular complexity index is 651. The van der Waals surface area contributed by atoms with Crippen molar-refractivity contribution in [3.63, 3.8) is 0 Å². The lowest BCUT2D eigenvalue weighted by atomic mass is 10.1. The molecule has 4 heteroatoms. The van der Waals surface area contributed by atoms with Crippen molar-refractivity contribution in [1.82, 2.24) is 0 Å². The lowest BCUT2D eigenvalue weighted by Crippen LogP contribution is -1.98. The zero-order valence-electron chi connectivity index (χ0n) is 11.9. The van der Waals surface area contributed by atoms with Crippen LogP contribution in [0.4, 0.5) is 17.1 Å². The molecule has 108 valence electrons. The maximum absolute atomic E-state index is 11.3. The van der Waals surface area contributed by atoms with Gasteiger partial charge in [-0.3, -0.25) is 0 Å². The van der Waals surface area contributed by atoms with Crippen LogP contribution in [-0.4, -0.2) is 12.6 Å². The number of para-hydroxylation sites is 2. The van der Waals surface area contributed by atoms with E-state index in [1.54, 1.807) is 13.0 Å². The van der Waals surface area contributed by atoms with Crippen molar-refractivity contribution in [1.29, 1.82) is 0 Å². The highest BCUT2D eigenvalue weighted by atomic mass is 16.5. The van der Waals surface area contributed by atoms with Gasteiger partial charge in [-0.2, -0.15) is 0 Å². The first kappa shape index (κ1) is 14.7. The van der Waals surface area contributed by atoms with Gasteiger partial charge in [-0.05, 0) is 42.8 Å². The number of rotatable bonds is 5. The maximum Gasteiger partial charge on any atom is 0.330 e. The van der Waals surface area contributed by atoms with Crippen molar-refractivity contribution >= 4 is 29.1 Å². The molecule has 2 aromatic carbocycles. The van der Waals surface area contributed by atoms with Crippen molar-refractivity contribution in [2.75, 3.05) is 17.7 Å². The Balaban J connectivity index is 2.11. The summed E-state index contributed by atoms with van der Waals surface area (Å²) in [5.41, 5.74) is 9.24. The lowest BCUT2D eigenvalue weighted by molar-refractivity contribution is -0.137. The molecule has 0 fully saturated rings. The summed E-state index contributed by atoms with van der Waals surface area (Å²) in [7, 11) is 0. The van der Waals surface area contributed by atoms with Crippen molar-refractivity contribution in [2.24, 2.45) is 0 Å². The number of nitrogens with one attached hydrogen (secondary N) is 1. The first-order valence-electron chi connectivity index (χ1n) is 6.75. The number of nitrogen functional groups attached to an aromatic ring is 1. The second kappa shape index (κ2) is 7.14. The van der Waals surface area contributed by atoms with Crippen LogP contribution in [0, 0.1) is 0 Å². The summed E-state index contributed by atoms with van der Waals surface area (Å²) in [6.07, 6.45) is 3.14. The van der Waals surface area contributed by atoms with Crippen molar-refractivity contribution < 1.29 is 9.53 Å². The van der Waals surface area contributed by atoms with E-state index in [4.69, 9.17) is 10.5 Å². The van der Waals surface area contributed by atoms with Gasteiger partial charge in [-0.1, -0.05) is 24.3 Å². The zero-order valence-corrected chi connectivity index (χ0v) is 11.9. The van der Waals surface area contributed by atoms with Crippen LogP contribution < -0.4 is 11.1 Å². The molecule has 0 spiro atoms. The van der Waals surface area contributed by atoms with Crippen molar-refractivity contribution in [2.45, 2.75) is 6.92 Å². The fraction of sp³-hybridized carbons (Fsp3) is 0.118. The average Bonchev–Trinajstić information content (AvgIpc) is 2.48. The molecule has 21 heavy (non-hydrogen) atoms. The Morgan fingerprint density at radius 3 is 2.81 bits per heavy atom. The monoisotopic (exact) mass is 282 g/mol. The third-order valence-electron chi connectivity index (χ3n) is 2.82. The summed E-state index contributed by atoms with van der Waals surface area (Å²) in [5, 5.41) is 3.25. The van der Waals surface area contributed by atoms with Gasteiger partial charge in [0, 0.05) is 11.8 Å². The maximum atomic E-state index is 11.3. The van der Waals surface area contributed by atoms with Gasteiger partial charge >= 0.3 is 5.97 Å². The molecule has 4 nitrogen and oxygen atoms in total. The Hall–Kier alpha value is -2.75. The molecule has 2 aromatic rings. The smallest absolute Gasteiger partial charge is 0.330 e. The minimum absolute atomic E-state index is 0.344. The molecule has 0 unspecified atom stereocenters. The van der Waals surface area contributed by atoms with Gasteiger partial charge in [0.1, 0.15) is 0 Å². The summed E-state index contributed by atoms with van der Waals surface area (Å²) in [6.45, 7) is 2.15. The van der Waals surface area contributed by atoms with Gasteiger partial charge in [-0.25, -0.2) is 4.79 Å². The van der Waals surface area contributed by atoms with Gasteiger partial charge in [-0.15, -0.1) is 0 Å². The summed E-state index contributed by atoms with van der Waals surface area (Å²) < 4.78 is 4.85. The quantitative estimate of drug-likeness (QED) is 0.500.